The summed E-state index contributed by atoms with van der Waals surface area (Å²) in [6.45, 7) is 0.350. The summed E-state index contributed by atoms with van der Waals surface area (Å²) in [6.07, 6.45) is 0.272. The van der Waals surface area contributed by atoms with E-state index in [2.05, 4.69) is 10.6 Å². The maximum atomic E-state index is 11.3. The van der Waals surface area contributed by atoms with Crippen molar-refractivity contribution in [3.8, 4) is 0 Å². The molecule has 0 aromatic rings. The molecule has 0 unspecified atom stereocenters. The monoisotopic (exact) mass is 213 g/mol. The molecule has 0 saturated carbocycles. The van der Waals surface area contributed by atoms with Crippen molar-refractivity contribution < 1.29 is 19.5 Å². The highest BCUT2D eigenvalue weighted by molar-refractivity contribution is 6.02. The minimum absolute atomic E-state index is 0.00702. The van der Waals surface area contributed by atoms with Crippen LogP contribution >= 0.6 is 0 Å². The van der Waals surface area contributed by atoms with Gasteiger partial charge in [0.2, 0.25) is 5.91 Å². The van der Waals surface area contributed by atoms with Crippen LogP contribution in [-0.2, 0) is 9.59 Å². The lowest BCUT2D eigenvalue weighted by atomic mass is 10.1. The average Bonchev–Trinajstić information content (AvgIpc) is 2.73. The van der Waals surface area contributed by atoms with E-state index in [1.54, 1.807) is 0 Å². The number of hydrogen-bond donors (Lipinski definition) is 3. The SMILES string of the molecule is O=C(O)[C@@H]1C[C@H](N2C(=O)CNC2=O)CN1. The lowest BCUT2D eigenvalue weighted by Crippen LogP contribution is -2.41. The lowest BCUT2D eigenvalue weighted by molar-refractivity contribution is -0.139. The van der Waals surface area contributed by atoms with E-state index in [1.807, 2.05) is 0 Å². The van der Waals surface area contributed by atoms with Gasteiger partial charge in [0.1, 0.15) is 6.04 Å². The molecule has 2 aliphatic heterocycles. The number of amides is 3. The molecule has 0 bridgehead atoms. The van der Waals surface area contributed by atoms with Crippen LogP contribution in [0.1, 0.15) is 6.42 Å². The molecule has 7 heteroatoms. The van der Waals surface area contributed by atoms with Crippen LogP contribution in [-0.4, -0.2) is 53.1 Å². The molecule has 3 amide bonds. The Morgan fingerprint density at radius 2 is 2.20 bits per heavy atom. The second-order valence-corrected chi connectivity index (χ2v) is 3.61. The van der Waals surface area contributed by atoms with Crippen molar-refractivity contribution >= 4 is 17.9 Å². The van der Waals surface area contributed by atoms with Gasteiger partial charge in [0, 0.05) is 6.54 Å². The van der Waals surface area contributed by atoms with Gasteiger partial charge in [-0.05, 0) is 6.42 Å². The maximum Gasteiger partial charge on any atom is 0.324 e. The molecule has 0 aromatic heterocycles. The van der Waals surface area contributed by atoms with Gasteiger partial charge in [0.25, 0.3) is 0 Å². The number of aliphatic carboxylic acids is 1. The summed E-state index contributed by atoms with van der Waals surface area (Å²) in [5, 5.41) is 13.9. The number of carboxylic acid groups (broad SMARTS) is 1. The van der Waals surface area contributed by atoms with E-state index in [0.29, 0.717) is 6.54 Å². The van der Waals surface area contributed by atoms with Crippen molar-refractivity contribution in [1.29, 1.82) is 0 Å². The largest absolute Gasteiger partial charge is 0.480 e. The predicted octanol–water partition coefficient (Wildman–Crippen LogP) is -1.65. The Kier molecular flexibility index (Phi) is 2.31. The number of carboxylic acids is 1. The van der Waals surface area contributed by atoms with Crippen LogP contribution in [0.2, 0.25) is 0 Å². The van der Waals surface area contributed by atoms with Crippen LogP contribution in [0.4, 0.5) is 4.79 Å². The minimum atomic E-state index is -0.954. The number of carbonyl (C=O) groups excluding carboxylic acids is 2. The second kappa shape index (κ2) is 3.50. The molecule has 2 saturated heterocycles. The Hall–Kier alpha value is -1.63. The summed E-state index contributed by atoms with van der Waals surface area (Å²) in [7, 11) is 0. The van der Waals surface area contributed by atoms with E-state index in [9.17, 15) is 14.4 Å². The second-order valence-electron chi connectivity index (χ2n) is 3.61. The molecule has 2 atom stereocenters. The predicted molar refractivity (Wildman–Crippen MR) is 48.1 cm³/mol. The molecule has 2 aliphatic rings. The Labute approximate surface area is 85.4 Å². The van der Waals surface area contributed by atoms with E-state index >= 15 is 0 Å². The van der Waals surface area contributed by atoms with E-state index in [1.165, 1.54) is 0 Å². The molecule has 82 valence electrons. The third kappa shape index (κ3) is 1.65. The molecule has 0 aromatic carbocycles. The summed E-state index contributed by atoms with van der Waals surface area (Å²) in [4.78, 5) is 34.3. The fourth-order valence-corrected chi connectivity index (χ4v) is 1.91. The van der Waals surface area contributed by atoms with Gasteiger partial charge in [0.15, 0.2) is 0 Å². The number of urea groups is 1. The third-order valence-electron chi connectivity index (χ3n) is 2.65. The smallest absolute Gasteiger partial charge is 0.324 e. The zero-order valence-corrected chi connectivity index (χ0v) is 7.90. The standard InChI is InChI=1S/C8H11N3O4/c12-6-3-10-8(15)11(6)4-1-5(7(13)14)9-2-4/h4-5,9H,1-3H2,(H,10,15)(H,13,14)/t4-,5-/m0/s1. The van der Waals surface area contributed by atoms with Gasteiger partial charge >= 0.3 is 12.0 Å². The van der Waals surface area contributed by atoms with Crippen molar-refractivity contribution in [2.45, 2.75) is 18.5 Å². The van der Waals surface area contributed by atoms with E-state index < -0.39 is 18.0 Å². The summed E-state index contributed by atoms with van der Waals surface area (Å²) in [5.74, 6) is -1.25. The van der Waals surface area contributed by atoms with Crippen molar-refractivity contribution in [2.75, 3.05) is 13.1 Å². The van der Waals surface area contributed by atoms with Crippen molar-refractivity contribution in [2.24, 2.45) is 0 Å². The minimum Gasteiger partial charge on any atom is -0.480 e. The van der Waals surface area contributed by atoms with Crippen molar-refractivity contribution in [3.05, 3.63) is 0 Å². The summed E-state index contributed by atoms with van der Waals surface area (Å²) < 4.78 is 0. The number of imide groups is 1. The van der Waals surface area contributed by atoms with Gasteiger partial charge in [0.05, 0.1) is 12.6 Å². The molecule has 15 heavy (non-hydrogen) atoms. The van der Waals surface area contributed by atoms with E-state index in [4.69, 9.17) is 5.11 Å². The summed E-state index contributed by atoms with van der Waals surface area (Å²) in [6, 6.07) is -1.45. The number of hydrogen-bond acceptors (Lipinski definition) is 4. The summed E-state index contributed by atoms with van der Waals surface area (Å²) in [5.41, 5.74) is 0. The first-order valence-electron chi connectivity index (χ1n) is 4.65. The molecular formula is C8H11N3O4. The molecule has 0 aliphatic carbocycles. The first-order valence-corrected chi connectivity index (χ1v) is 4.65. The third-order valence-corrected chi connectivity index (χ3v) is 2.65. The van der Waals surface area contributed by atoms with Crippen LogP contribution in [0.25, 0.3) is 0 Å². The molecule has 0 spiro atoms. The molecule has 2 rings (SSSR count). The Bertz CT molecular complexity index is 314. The Morgan fingerprint density at radius 3 is 2.67 bits per heavy atom. The van der Waals surface area contributed by atoms with Crippen LogP contribution in [0.15, 0.2) is 0 Å². The Balaban J connectivity index is 2.04. The van der Waals surface area contributed by atoms with Crippen molar-refractivity contribution in [1.82, 2.24) is 15.5 Å². The van der Waals surface area contributed by atoms with Gasteiger partial charge in [-0.1, -0.05) is 0 Å². The normalized spacial score (nSPS) is 30.8. The molecule has 7 nitrogen and oxygen atoms in total. The summed E-state index contributed by atoms with van der Waals surface area (Å²) >= 11 is 0. The number of rotatable bonds is 2. The topological polar surface area (TPSA) is 98.7 Å². The first kappa shape index (κ1) is 9.91. The van der Waals surface area contributed by atoms with E-state index in [-0.39, 0.29) is 24.9 Å². The van der Waals surface area contributed by atoms with Crippen LogP contribution in [0, 0.1) is 0 Å². The fourth-order valence-electron chi connectivity index (χ4n) is 1.91. The molecule has 2 fully saturated rings. The van der Waals surface area contributed by atoms with Crippen LogP contribution in [0.3, 0.4) is 0 Å². The highest BCUT2D eigenvalue weighted by atomic mass is 16.4. The fraction of sp³-hybridized carbons (Fsp3) is 0.625. The number of nitrogens with zero attached hydrogens (tertiary/aromatic N) is 1. The molecule has 3 N–H and O–H groups in total. The zero-order chi connectivity index (χ0) is 11.0. The average molecular weight is 213 g/mol. The van der Waals surface area contributed by atoms with E-state index in [0.717, 1.165) is 4.90 Å². The quantitative estimate of drug-likeness (QED) is 0.477. The Morgan fingerprint density at radius 1 is 1.47 bits per heavy atom. The maximum absolute atomic E-state index is 11.3. The highest BCUT2D eigenvalue weighted by Crippen LogP contribution is 2.16. The zero-order valence-electron chi connectivity index (χ0n) is 7.90. The highest BCUT2D eigenvalue weighted by Gasteiger charge is 2.40. The van der Waals surface area contributed by atoms with Gasteiger partial charge in [-0.25, -0.2) is 4.79 Å². The van der Waals surface area contributed by atoms with Crippen molar-refractivity contribution in [3.63, 3.8) is 0 Å². The number of carbonyl (C=O) groups is 3. The van der Waals surface area contributed by atoms with Gasteiger partial charge in [-0.3, -0.25) is 14.5 Å². The van der Waals surface area contributed by atoms with Crippen LogP contribution in [0.5, 0.6) is 0 Å². The van der Waals surface area contributed by atoms with Gasteiger partial charge in [-0.2, -0.15) is 0 Å². The molecule has 0 radical (unpaired) electrons. The lowest BCUT2D eigenvalue weighted by Gasteiger charge is -2.19. The molecular weight excluding hydrogens is 202 g/mol. The van der Waals surface area contributed by atoms with Crippen LogP contribution < -0.4 is 10.6 Å². The van der Waals surface area contributed by atoms with Gasteiger partial charge in [-0.15, -0.1) is 0 Å². The first-order chi connectivity index (χ1) is 7.09. The number of nitrogens with one attached hydrogen (secondary N) is 2. The van der Waals surface area contributed by atoms with Gasteiger partial charge < -0.3 is 15.7 Å². The molecule has 2 heterocycles.